The van der Waals surface area contributed by atoms with E-state index >= 15 is 0 Å². The zero-order chi connectivity index (χ0) is 14.8. The number of ether oxygens (including phenoxy) is 1. The molecule has 1 rings (SSSR count). The molecule has 0 saturated heterocycles. The molecule has 1 aromatic rings. The van der Waals surface area contributed by atoms with Crippen LogP contribution in [0, 0.1) is 5.41 Å². The Morgan fingerprint density at radius 3 is 2.37 bits per heavy atom. The van der Waals surface area contributed by atoms with E-state index in [1.165, 1.54) is 0 Å². The summed E-state index contributed by atoms with van der Waals surface area (Å²) in [7, 11) is 1.63. The average Bonchev–Trinajstić information content (AvgIpc) is 2.36. The fourth-order valence-corrected chi connectivity index (χ4v) is 1.95. The molecule has 1 unspecified atom stereocenters. The van der Waals surface area contributed by atoms with Crippen molar-refractivity contribution in [2.45, 2.75) is 39.7 Å². The molecule has 4 heteroatoms. The van der Waals surface area contributed by atoms with Crippen molar-refractivity contribution in [3.63, 3.8) is 0 Å². The van der Waals surface area contributed by atoms with Gasteiger partial charge in [0.05, 0.1) is 12.5 Å². The Kier molecular flexibility index (Phi) is 4.58. The molecular formula is C15H23NO3. The molecule has 0 heterocycles. The Morgan fingerprint density at radius 1 is 1.37 bits per heavy atom. The van der Waals surface area contributed by atoms with E-state index in [0.717, 1.165) is 16.9 Å². The molecule has 4 nitrogen and oxygen atoms in total. The van der Waals surface area contributed by atoms with Crippen molar-refractivity contribution in [2.24, 2.45) is 11.1 Å². The first-order valence-corrected chi connectivity index (χ1v) is 6.38. The summed E-state index contributed by atoms with van der Waals surface area (Å²) in [6, 6.07) is 5.06. The van der Waals surface area contributed by atoms with E-state index < -0.39 is 17.4 Å². The number of carboxylic acids is 1. The zero-order valence-corrected chi connectivity index (χ0v) is 12.2. The number of aliphatic carboxylic acids is 1. The fourth-order valence-electron chi connectivity index (χ4n) is 1.95. The third kappa shape index (κ3) is 3.07. The smallest absolute Gasteiger partial charge is 0.311 e. The summed E-state index contributed by atoms with van der Waals surface area (Å²) in [5, 5.41) is 9.25. The molecule has 0 aromatic heterocycles. The first-order chi connectivity index (χ1) is 8.71. The van der Waals surface area contributed by atoms with E-state index in [-0.39, 0.29) is 5.92 Å². The van der Waals surface area contributed by atoms with Crippen LogP contribution >= 0.6 is 0 Å². The minimum absolute atomic E-state index is 0.287. The summed E-state index contributed by atoms with van der Waals surface area (Å²) >= 11 is 0. The van der Waals surface area contributed by atoms with Gasteiger partial charge in [-0.15, -0.1) is 0 Å². The number of rotatable bonds is 5. The van der Waals surface area contributed by atoms with Crippen LogP contribution in [0.15, 0.2) is 18.2 Å². The minimum atomic E-state index is -1.01. The van der Waals surface area contributed by atoms with Gasteiger partial charge in [0.1, 0.15) is 5.75 Å². The Morgan fingerprint density at radius 2 is 1.95 bits per heavy atom. The van der Waals surface area contributed by atoms with Crippen LogP contribution in [-0.4, -0.2) is 18.2 Å². The first-order valence-electron chi connectivity index (χ1n) is 6.38. The largest absolute Gasteiger partial charge is 0.496 e. The lowest BCUT2D eigenvalue weighted by molar-refractivity contribution is -0.148. The molecule has 0 bridgehead atoms. The molecule has 106 valence electrons. The normalized spacial score (nSPS) is 13.4. The van der Waals surface area contributed by atoms with Gasteiger partial charge in [0.2, 0.25) is 0 Å². The van der Waals surface area contributed by atoms with E-state index in [1.54, 1.807) is 21.0 Å². The second-order valence-corrected chi connectivity index (χ2v) is 5.66. The molecule has 0 aliphatic rings. The number of benzene rings is 1. The molecule has 19 heavy (non-hydrogen) atoms. The van der Waals surface area contributed by atoms with Gasteiger partial charge in [0.15, 0.2) is 0 Å². The lowest BCUT2D eigenvalue weighted by Gasteiger charge is -2.28. The molecule has 0 amide bonds. The van der Waals surface area contributed by atoms with Crippen molar-refractivity contribution >= 4 is 5.97 Å². The van der Waals surface area contributed by atoms with Gasteiger partial charge >= 0.3 is 5.97 Å². The Labute approximate surface area is 114 Å². The van der Waals surface area contributed by atoms with Crippen LogP contribution in [0.5, 0.6) is 5.75 Å². The van der Waals surface area contributed by atoms with Crippen LogP contribution in [0.2, 0.25) is 0 Å². The van der Waals surface area contributed by atoms with Crippen LogP contribution in [0.25, 0.3) is 0 Å². The number of methoxy groups -OCH3 is 1. The molecule has 1 atom stereocenters. The van der Waals surface area contributed by atoms with Gasteiger partial charge < -0.3 is 15.6 Å². The number of hydrogen-bond donors (Lipinski definition) is 2. The van der Waals surface area contributed by atoms with E-state index in [2.05, 4.69) is 13.8 Å². The second-order valence-electron chi connectivity index (χ2n) is 5.66. The molecule has 1 aromatic carbocycles. The van der Waals surface area contributed by atoms with Crippen molar-refractivity contribution in [2.75, 3.05) is 7.11 Å². The van der Waals surface area contributed by atoms with Gasteiger partial charge in [0, 0.05) is 6.04 Å². The molecule has 0 radical (unpaired) electrons. The highest BCUT2D eigenvalue weighted by Gasteiger charge is 2.35. The molecular weight excluding hydrogens is 242 g/mol. The second kappa shape index (κ2) is 5.61. The Hall–Kier alpha value is -1.55. The first kappa shape index (κ1) is 15.5. The van der Waals surface area contributed by atoms with Gasteiger partial charge in [-0.25, -0.2) is 0 Å². The Balaban J connectivity index is 3.22. The van der Waals surface area contributed by atoms with Crippen molar-refractivity contribution < 1.29 is 14.6 Å². The van der Waals surface area contributed by atoms with Crippen LogP contribution in [0.1, 0.15) is 50.8 Å². The monoisotopic (exact) mass is 265 g/mol. The third-order valence-corrected chi connectivity index (χ3v) is 3.56. The number of carboxylic acid groups (broad SMARTS) is 1. The van der Waals surface area contributed by atoms with Gasteiger partial charge in [-0.2, -0.15) is 0 Å². The average molecular weight is 265 g/mol. The van der Waals surface area contributed by atoms with Crippen molar-refractivity contribution in [1.29, 1.82) is 0 Å². The van der Waals surface area contributed by atoms with Crippen molar-refractivity contribution in [3.8, 4) is 5.75 Å². The van der Waals surface area contributed by atoms with E-state index in [0.29, 0.717) is 0 Å². The Bertz CT molecular complexity index is 466. The molecule has 0 aliphatic carbocycles. The van der Waals surface area contributed by atoms with Gasteiger partial charge in [0.25, 0.3) is 0 Å². The molecule has 0 spiro atoms. The summed E-state index contributed by atoms with van der Waals surface area (Å²) in [4.78, 5) is 11.3. The van der Waals surface area contributed by atoms with Crippen LogP contribution in [-0.2, 0) is 4.79 Å². The van der Waals surface area contributed by atoms with Crippen molar-refractivity contribution in [1.82, 2.24) is 0 Å². The maximum Gasteiger partial charge on any atom is 0.311 e. The summed E-state index contributed by atoms with van der Waals surface area (Å²) in [6.45, 7) is 7.41. The standard InChI is InChI=1S/C15H23NO3/c1-9(2)11-8-10(6-7-12(11)19-5)13(16)15(3,4)14(17)18/h6-9,13H,16H2,1-5H3,(H,17,18). The van der Waals surface area contributed by atoms with Crippen LogP contribution in [0.4, 0.5) is 0 Å². The maximum atomic E-state index is 11.3. The lowest BCUT2D eigenvalue weighted by atomic mass is 9.80. The van der Waals surface area contributed by atoms with Crippen molar-refractivity contribution in [3.05, 3.63) is 29.3 Å². The highest BCUT2D eigenvalue weighted by molar-refractivity contribution is 5.75. The SMILES string of the molecule is COc1ccc(C(N)C(C)(C)C(=O)O)cc1C(C)C. The maximum absolute atomic E-state index is 11.3. The predicted molar refractivity (Wildman–Crippen MR) is 75.4 cm³/mol. The number of carbonyl (C=O) groups is 1. The van der Waals surface area contributed by atoms with E-state index in [1.807, 2.05) is 18.2 Å². The predicted octanol–water partition coefficient (Wildman–Crippen LogP) is 2.93. The summed E-state index contributed by atoms with van der Waals surface area (Å²) in [5.41, 5.74) is 6.96. The summed E-state index contributed by atoms with van der Waals surface area (Å²) in [6.07, 6.45) is 0. The van der Waals surface area contributed by atoms with E-state index in [4.69, 9.17) is 10.5 Å². The molecule has 3 N–H and O–H groups in total. The quantitative estimate of drug-likeness (QED) is 0.858. The topological polar surface area (TPSA) is 72.5 Å². The van der Waals surface area contributed by atoms with Gasteiger partial charge in [-0.05, 0) is 37.0 Å². The summed E-state index contributed by atoms with van der Waals surface area (Å²) < 4.78 is 5.32. The molecule has 0 aliphatic heterocycles. The molecule has 0 fully saturated rings. The lowest BCUT2D eigenvalue weighted by Crippen LogP contribution is -2.36. The van der Waals surface area contributed by atoms with Gasteiger partial charge in [-0.3, -0.25) is 4.79 Å². The highest BCUT2D eigenvalue weighted by atomic mass is 16.5. The van der Waals surface area contributed by atoms with Crippen LogP contribution < -0.4 is 10.5 Å². The highest BCUT2D eigenvalue weighted by Crippen LogP contribution is 2.35. The summed E-state index contributed by atoms with van der Waals surface area (Å²) in [5.74, 6) is 0.191. The minimum Gasteiger partial charge on any atom is -0.496 e. The third-order valence-electron chi connectivity index (χ3n) is 3.56. The number of hydrogen-bond acceptors (Lipinski definition) is 3. The fraction of sp³-hybridized carbons (Fsp3) is 0.533. The zero-order valence-electron chi connectivity index (χ0n) is 12.2. The number of nitrogens with two attached hydrogens (primary N) is 1. The van der Waals surface area contributed by atoms with Gasteiger partial charge in [-0.1, -0.05) is 26.0 Å². The van der Waals surface area contributed by atoms with Crippen LogP contribution in [0.3, 0.4) is 0 Å². The molecule has 0 saturated carbocycles. The van der Waals surface area contributed by atoms with E-state index in [9.17, 15) is 9.90 Å².